The van der Waals surface area contributed by atoms with E-state index in [0.29, 0.717) is 32.2 Å². The molecule has 2 bridgehead atoms. The van der Waals surface area contributed by atoms with E-state index < -0.39 is 46.6 Å². The summed E-state index contributed by atoms with van der Waals surface area (Å²) in [7, 11) is 0. The smallest absolute Gasteiger partial charge is 0.312 e. The summed E-state index contributed by atoms with van der Waals surface area (Å²) < 4.78 is 12.2. The van der Waals surface area contributed by atoms with Gasteiger partial charge in [-0.3, -0.25) is 14.4 Å². The lowest BCUT2D eigenvalue weighted by atomic mass is 9.66. The van der Waals surface area contributed by atoms with Gasteiger partial charge in [-0.05, 0) is 64.4 Å². The quantitative estimate of drug-likeness (QED) is 0.318. The molecule has 41 heavy (non-hydrogen) atoms. The number of hydrogen-bond donors (Lipinski definition) is 1. The summed E-state index contributed by atoms with van der Waals surface area (Å²) >= 11 is 0. The van der Waals surface area contributed by atoms with Gasteiger partial charge in [-0.2, -0.15) is 0 Å². The van der Waals surface area contributed by atoms with Crippen molar-refractivity contribution in [1.29, 1.82) is 0 Å². The predicted octanol–water partition coefficient (Wildman–Crippen LogP) is 4.15. The number of benzene rings is 1. The van der Waals surface area contributed by atoms with Crippen LogP contribution in [0.2, 0.25) is 0 Å². The molecule has 0 radical (unpaired) electrons. The van der Waals surface area contributed by atoms with Crippen molar-refractivity contribution < 1.29 is 29.0 Å². The molecule has 3 heterocycles. The topological polar surface area (TPSA) is 96.4 Å². The zero-order valence-electron chi connectivity index (χ0n) is 25.8. The fourth-order valence-corrected chi connectivity index (χ4v) is 8.07. The molecule has 1 N–H and O–H groups in total. The molecule has 0 saturated carbocycles. The summed E-state index contributed by atoms with van der Waals surface area (Å²) in [5, 5.41) is 10.7. The van der Waals surface area contributed by atoms with Gasteiger partial charge in [-0.15, -0.1) is 6.58 Å². The number of carbonyl (C=O) groups is 3. The average molecular weight is 569 g/mol. The zero-order chi connectivity index (χ0) is 30.4. The molecule has 2 unspecified atom stereocenters. The second-order valence-corrected chi connectivity index (χ2v) is 14.0. The highest BCUT2D eigenvalue weighted by Gasteiger charge is 2.79. The third-order valence-corrected chi connectivity index (χ3v) is 9.18. The van der Waals surface area contributed by atoms with Crippen LogP contribution in [0.15, 0.2) is 43.0 Å². The summed E-state index contributed by atoms with van der Waals surface area (Å²) in [6.45, 7) is 18.2. The van der Waals surface area contributed by atoms with E-state index in [1.165, 1.54) is 0 Å². The van der Waals surface area contributed by atoms with Gasteiger partial charge in [0.05, 0.1) is 30.8 Å². The molecule has 8 nitrogen and oxygen atoms in total. The number of fused-ring (bicyclic) bond motifs is 1. The second-order valence-electron chi connectivity index (χ2n) is 14.0. The van der Waals surface area contributed by atoms with Crippen molar-refractivity contribution in [2.75, 3.05) is 19.8 Å². The molecule has 0 aliphatic carbocycles. The number of hydrogen-bond acceptors (Lipinski definition) is 6. The number of aliphatic hydroxyl groups is 1. The SMILES string of the molecule is C=CCN(C(=O)C1N([C@@H](CO)Cc2ccccc2)C(=O)[C@@H]2[C@@H](C(=O)OCC)[C@@]3(C)CCC12O3)C(C)(C)CC(C)(C)C. The van der Waals surface area contributed by atoms with Gasteiger partial charge in [0, 0.05) is 12.1 Å². The lowest BCUT2D eigenvalue weighted by Gasteiger charge is -2.46. The van der Waals surface area contributed by atoms with Crippen molar-refractivity contribution in [2.24, 2.45) is 17.3 Å². The Kier molecular flexibility index (Phi) is 8.51. The summed E-state index contributed by atoms with van der Waals surface area (Å²) in [6, 6.07) is 7.95. The Morgan fingerprint density at radius 2 is 1.88 bits per heavy atom. The van der Waals surface area contributed by atoms with Gasteiger partial charge in [-0.1, -0.05) is 57.2 Å². The van der Waals surface area contributed by atoms with Crippen LogP contribution in [0.4, 0.5) is 0 Å². The van der Waals surface area contributed by atoms with Crippen molar-refractivity contribution >= 4 is 17.8 Å². The first kappa shape index (κ1) is 31.2. The van der Waals surface area contributed by atoms with Crippen LogP contribution in [-0.4, -0.2) is 81.3 Å². The van der Waals surface area contributed by atoms with Gasteiger partial charge in [0.15, 0.2) is 0 Å². The van der Waals surface area contributed by atoms with Gasteiger partial charge in [0.25, 0.3) is 0 Å². The standard InChI is InChI=1S/C33H48N2O6/c1-9-18-34(31(6,7)21-30(3,4)5)28(38)26-33-17-16-32(8,41-33)25(29(39)40-10-2)24(33)27(37)35(26)23(20-36)19-22-14-12-11-13-15-22/h9,11-15,23-26,36H,1,10,16-21H2,2-8H3/t23-,24+,25+,26?,32-,33?/m1/s1. The van der Waals surface area contributed by atoms with Gasteiger partial charge in [0.1, 0.15) is 17.6 Å². The van der Waals surface area contributed by atoms with Crippen molar-refractivity contribution in [3.05, 3.63) is 48.6 Å². The highest BCUT2D eigenvalue weighted by atomic mass is 16.6. The number of ether oxygens (including phenoxy) is 2. The van der Waals surface area contributed by atoms with Crippen LogP contribution in [0, 0.1) is 17.3 Å². The predicted molar refractivity (Wildman–Crippen MR) is 157 cm³/mol. The molecule has 3 fully saturated rings. The number of amides is 2. The van der Waals surface area contributed by atoms with Crippen molar-refractivity contribution in [1.82, 2.24) is 9.80 Å². The Hall–Kier alpha value is -2.71. The third-order valence-electron chi connectivity index (χ3n) is 9.18. The van der Waals surface area contributed by atoms with Crippen molar-refractivity contribution in [3.8, 4) is 0 Å². The molecule has 1 spiro atoms. The van der Waals surface area contributed by atoms with E-state index in [0.717, 1.165) is 5.56 Å². The number of aliphatic hydroxyl groups excluding tert-OH is 1. The van der Waals surface area contributed by atoms with E-state index in [2.05, 4.69) is 27.4 Å². The van der Waals surface area contributed by atoms with Crippen LogP contribution in [0.1, 0.15) is 73.3 Å². The molecule has 8 heteroatoms. The molecule has 3 aliphatic rings. The van der Waals surface area contributed by atoms with Gasteiger partial charge in [-0.25, -0.2) is 0 Å². The number of carbonyl (C=O) groups excluding carboxylic acids is 3. The number of esters is 1. The van der Waals surface area contributed by atoms with Gasteiger partial charge < -0.3 is 24.4 Å². The number of nitrogens with zero attached hydrogens (tertiary/aromatic N) is 2. The third kappa shape index (κ3) is 5.45. The molecule has 0 aromatic heterocycles. The highest BCUT2D eigenvalue weighted by molar-refractivity contribution is 5.99. The maximum Gasteiger partial charge on any atom is 0.312 e. The monoisotopic (exact) mass is 568 g/mol. The molecule has 226 valence electrons. The summed E-state index contributed by atoms with van der Waals surface area (Å²) in [5.74, 6) is -2.73. The lowest BCUT2D eigenvalue weighted by Crippen LogP contribution is -2.62. The van der Waals surface area contributed by atoms with Crippen LogP contribution in [0.5, 0.6) is 0 Å². The minimum atomic E-state index is -1.19. The number of likely N-dealkylation sites (tertiary alicyclic amines) is 1. The summed E-state index contributed by atoms with van der Waals surface area (Å²) in [5.41, 5.74) is -1.80. The molecular formula is C33H48N2O6. The largest absolute Gasteiger partial charge is 0.466 e. The Morgan fingerprint density at radius 3 is 2.44 bits per heavy atom. The Balaban J connectivity index is 1.85. The normalized spacial score (nSPS) is 29.8. The summed E-state index contributed by atoms with van der Waals surface area (Å²) in [4.78, 5) is 46.2. The van der Waals surface area contributed by atoms with Gasteiger partial charge in [0.2, 0.25) is 11.8 Å². The van der Waals surface area contributed by atoms with Crippen LogP contribution in [-0.2, 0) is 30.3 Å². The maximum atomic E-state index is 14.9. The minimum Gasteiger partial charge on any atom is -0.466 e. The second kappa shape index (κ2) is 11.2. The van der Waals surface area contributed by atoms with E-state index in [4.69, 9.17) is 9.47 Å². The van der Waals surface area contributed by atoms with Crippen LogP contribution >= 0.6 is 0 Å². The van der Waals surface area contributed by atoms with E-state index in [1.54, 1.807) is 22.8 Å². The molecule has 3 aliphatic heterocycles. The fraction of sp³-hybridized carbons (Fsp3) is 0.667. The Labute approximate surface area is 245 Å². The van der Waals surface area contributed by atoms with E-state index in [-0.39, 0.29) is 30.4 Å². The fourth-order valence-electron chi connectivity index (χ4n) is 8.07. The highest BCUT2D eigenvalue weighted by Crippen LogP contribution is 2.64. The Bertz CT molecular complexity index is 1160. The molecule has 4 rings (SSSR count). The van der Waals surface area contributed by atoms with Crippen LogP contribution in [0.3, 0.4) is 0 Å². The molecular weight excluding hydrogens is 520 g/mol. The van der Waals surface area contributed by atoms with Crippen molar-refractivity contribution in [3.63, 3.8) is 0 Å². The molecule has 3 saturated heterocycles. The first-order chi connectivity index (χ1) is 19.2. The molecule has 6 atom stereocenters. The van der Waals surface area contributed by atoms with E-state index in [1.807, 2.05) is 51.1 Å². The molecule has 1 aromatic rings. The minimum absolute atomic E-state index is 0.0685. The van der Waals surface area contributed by atoms with Crippen LogP contribution < -0.4 is 0 Å². The number of rotatable bonds is 11. The van der Waals surface area contributed by atoms with E-state index in [9.17, 15) is 19.5 Å². The zero-order valence-corrected chi connectivity index (χ0v) is 25.8. The maximum absolute atomic E-state index is 14.9. The lowest BCUT2D eigenvalue weighted by molar-refractivity contribution is -0.163. The first-order valence-corrected chi connectivity index (χ1v) is 14.9. The van der Waals surface area contributed by atoms with E-state index >= 15 is 0 Å². The van der Waals surface area contributed by atoms with Crippen LogP contribution in [0.25, 0.3) is 0 Å². The van der Waals surface area contributed by atoms with Crippen molar-refractivity contribution in [2.45, 2.75) is 103 Å². The average Bonchev–Trinajstić information content (AvgIpc) is 3.45. The first-order valence-electron chi connectivity index (χ1n) is 14.9. The summed E-state index contributed by atoms with van der Waals surface area (Å²) in [6.07, 6.45) is 3.79. The Morgan fingerprint density at radius 1 is 1.22 bits per heavy atom. The molecule has 2 amide bonds. The molecule has 1 aromatic carbocycles. The van der Waals surface area contributed by atoms with Gasteiger partial charge >= 0.3 is 5.97 Å².